The summed E-state index contributed by atoms with van der Waals surface area (Å²) in [5.41, 5.74) is -1.76. The molecule has 0 aliphatic rings. The smallest absolute Gasteiger partial charge is 0.243 e. The normalized spacial score (nSPS) is 15.3. The van der Waals surface area contributed by atoms with E-state index in [-0.39, 0.29) is 0 Å². The molecule has 3 N–H and O–H groups in total. The molecule has 9 heteroatoms. The van der Waals surface area contributed by atoms with Gasteiger partial charge in [0.05, 0.1) is 12.2 Å². The summed E-state index contributed by atoms with van der Waals surface area (Å²) in [6.07, 6.45) is 0. The van der Waals surface area contributed by atoms with Gasteiger partial charge in [0.1, 0.15) is 4.90 Å². The van der Waals surface area contributed by atoms with Crippen molar-refractivity contribution < 1.29 is 31.8 Å². The van der Waals surface area contributed by atoms with E-state index in [1.165, 1.54) is 0 Å². The molecule has 0 aliphatic carbocycles. The van der Waals surface area contributed by atoms with Gasteiger partial charge in [-0.05, 0) is 19.1 Å². The third kappa shape index (κ3) is 3.66. The van der Waals surface area contributed by atoms with Crippen molar-refractivity contribution in [2.45, 2.75) is 17.4 Å². The molecule has 0 spiro atoms. The first-order valence-electron chi connectivity index (χ1n) is 5.07. The van der Waals surface area contributed by atoms with Crippen LogP contribution in [-0.2, 0) is 10.0 Å². The van der Waals surface area contributed by atoms with Gasteiger partial charge in [-0.3, -0.25) is 0 Å². The fourth-order valence-electron chi connectivity index (χ4n) is 1.10. The Morgan fingerprint density at radius 1 is 1.26 bits per heavy atom. The van der Waals surface area contributed by atoms with E-state index < -0.39 is 51.1 Å². The van der Waals surface area contributed by atoms with Gasteiger partial charge in [0.25, 0.3) is 0 Å². The average Bonchev–Trinajstić information content (AvgIpc) is 2.34. The zero-order valence-electron chi connectivity index (χ0n) is 9.82. The highest BCUT2D eigenvalue weighted by Crippen LogP contribution is 2.19. The number of sulfonamides is 1. The number of nitrogens with one attached hydrogen (secondary N) is 1. The number of hydrogen-bond acceptors (Lipinski definition) is 4. The molecule has 1 aromatic rings. The monoisotopic (exact) mass is 299 g/mol. The van der Waals surface area contributed by atoms with Crippen LogP contribution in [0.2, 0.25) is 0 Å². The molecule has 108 valence electrons. The number of rotatable bonds is 5. The Bertz CT molecular complexity index is 574. The van der Waals surface area contributed by atoms with E-state index >= 15 is 0 Å². The van der Waals surface area contributed by atoms with Gasteiger partial charge < -0.3 is 10.2 Å². The van der Waals surface area contributed by atoms with E-state index in [2.05, 4.69) is 0 Å². The van der Waals surface area contributed by atoms with Gasteiger partial charge in [-0.25, -0.2) is 26.3 Å². The molecule has 1 unspecified atom stereocenters. The van der Waals surface area contributed by atoms with Gasteiger partial charge in [0.2, 0.25) is 10.0 Å². The Balaban J connectivity index is 3.06. The van der Waals surface area contributed by atoms with Crippen molar-refractivity contribution in [3.8, 4) is 0 Å². The summed E-state index contributed by atoms with van der Waals surface area (Å²) in [5, 5.41) is 18.1. The second-order valence-corrected chi connectivity index (χ2v) is 5.89. The van der Waals surface area contributed by atoms with Crippen LogP contribution in [0.4, 0.5) is 13.2 Å². The number of benzene rings is 1. The van der Waals surface area contributed by atoms with Crippen LogP contribution in [0.15, 0.2) is 17.0 Å². The molecule has 0 aromatic heterocycles. The fraction of sp³-hybridized carbons (Fsp3) is 0.400. The van der Waals surface area contributed by atoms with Crippen LogP contribution >= 0.6 is 0 Å². The number of halogens is 3. The zero-order valence-corrected chi connectivity index (χ0v) is 10.6. The van der Waals surface area contributed by atoms with Crippen LogP contribution in [-0.4, -0.2) is 37.4 Å². The van der Waals surface area contributed by atoms with Gasteiger partial charge in [-0.15, -0.1) is 0 Å². The molecule has 5 nitrogen and oxygen atoms in total. The molecule has 1 atom stereocenters. The predicted octanol–water partition coefficient (Wildman–Crippen LogP) is 0.126. The highest BCUT2D eigenvalue weighted by molar-refractivity contribution is 7.89. The van der Waals surface area contributed by atoms with E-state index in [0.717, 1.165) is 6.92 Å². The number of hydrogen-bond donors (Lipinski definition) is 3. The number of aliphatic hydroxyl groups is 2. The third-order valence-corrected chi connectivity index (χ3v) is 3.69. The molecule has 0 bridgehead atoms. The van der Waals surface area contributed by atoms with E-state index in [9.17, 15) is 26.7 Å². The molecule has 0 aliphatic heterocycles. The molecule has 1 aromatic carbocycles. The molecule has 1 rings (SSSR count). The first-order valence-corrected chi connectivity index (χ1v) is 6.55. The molecule has 0 heterocycles. The summed E-state index contributed by atoms with van der Waals surface area (Å²) >= 11 is 0. The van der Waals surface area contributed by atoms with E-state index in [0.29, 0.717) is 12.1 Å². The third-order valence-electron chi connectivity index (χ3n) is 2.27. The Kier molecular flexibility index (Phi) is 4.56. The van der Waals surface area contributed by atoms with Crippen molar-refractivity contribution in [3.05, 3.63) is 29.6 Å². The minimum Gasteiger partial charge on any atom is -0.393 e. The molecule has 0 radical (unpaired) electrons. The van der Waals surface area contributed by atoms with E-state index in [1.807, 2.05) is 0 Å². The molecule has 0 saturated heterocycles. The van der Waals surface area contributed by atoms with Crippen LogP contribution in [0.25, 0.3) is 0 Å². The Morgan fingerprint density at radius 3 is 2.37 bits per heavy atom. The SMILES string of the molecule is CC(O)(CO)CNS(=O)(=O)c1ccc(F)c(F)c1F. The number of aliphatic hydroxyl groups excluding tert-OH is 1. The largest absolute Gasteiger partial charge is 0.393 e. The second-order valence-electron chi connectivity index (χ2n) is 4.15. The Morgan fingerprint density at radius 2 is 1.84 bits per heavy atom. The summed E-state index contributed by atoms with van der Waals surface area (Å²) in [5.74, 6) is -5.27. The lowest BCUT2D eigenvalue weighted by atomic mass is 10.1. The minimum absolute atomic E-state index is 0.469. The van der Waals surface area contributed by atoms with Crippen molar-refractivity contribution in [2.75, 3.05) is 13.2 Å². The van der Waals surface area contributed by atoms with Gasteiger partial charge in [-0.1, -0.05) is 0 Å². The zero-order chi connectivity index (χ0) is 14.8. The second kappa shape index (κ2) is 5.45. The summed E-state index contributed by atoms with van der Waals surface area (Å²) in [6, 6.07) is 1.03. The van der Waals surface area contributed by atoms with Crippen molar-refractivity contribution in [2.24, 2.45) is 0 Å². The lowest BCUT2D eigenvalue weighted by Gasteiger charge is -2.20. The van der Waals surface area contributed by atoms with Crippen molar-refractivity contribution in [1.82, 2.24) is 4.72 Å². The van der Waals surface area contributed by atoms with Gasteiger partial charge in [0, 0.05) is 6.54 Å². The van der Waals surface area contributed by atoms with Crippen LogP contribution in [0.3, 0.4) is 0 Å². The average molecular weight is 299 g/mol. The van der Waals surface area contributed by atoms with Crippen LogP contribution < -0.4 is 4.72 Å². The highest BCUT2D eigenvalue weighted by atomic mass is 32.2. The van der Waals surface area contributed by atoms with E-state index in [4.69, 9.17) is 5.11 Å². The quantitative estimate of drug-likeness (QED) is 0.674. The Labute approximate surface area is 107 Å². The maximum atomic E-state index is 13.3. The van der Waals surface area contributed by atoms with Gasteiger partial charge in [0.15, 0.2) is 17.5 Å². The fourth-order valence-corrected chi connectivity index (χ4v) is 2.33. The summed E-state index contributed by atoms with van der Waals surface area (Å²) < 4.78 is 64.0. The van der Waals surface area contributed by atoms with E-state index in [1.54, 1.807) is 4.72 Å². The highest BCUT2D eigenvalue weighted by Gasteiger charge is 2.27. The molecule has 19 heavy (non-hydrogen) atoms. The molecular weight excluding hydrogens is 287 g/mol. The first-order chi connectivity index (χ1) is 8.60. The topological polar surface area (TPSA) is 86.6 Å². The van der Waals surface area contributed by atoms with Crippen molar-refractivity contribution >= 4 is 10.0 Å². The lowest BCUT2D eigenvalue weighted by Crippen LogP contribution is -2.43. The van der Waals surface area contributed by atoms with Crippen molar-refractivity contribution in [1.29, 1.82) is 0 Å². The molecule has 0 saturated carbocycles. The maximum absolute atomic E-state index is 13.3. The molecule has 0 amide bonds. The Hall–Kier alpha value is -1.16. The van der Waals surface area contributed by atoms with Gasteiger partial charge >= 0.3 is 0 Å². The summed E-state index contributed by atoms with van der Waals surface area (Å²) in [7, 11) is -4.48. The first kappa shape index (κ1) is 15.9. The summed E-state index contributed by atoms with van der Waals surface area (Å²) in [4.78, 5) is -1.08. The van der Waals surface area contributed by atoms with Crippen LogP contribution in [0, 0.1) is 17.5 Å². The predicted molar refractivity (Wildman–Crippen MR) is 59.2 cm³/mol. The van der Waals surface area contributed by atoms with Crippen molar-refractivity contribution in [3.63, 3.8) is 0 Å². The van der Waals surface area contributed by atoms with Gasteiger partial charge in [-0.2, -0.15) is 0 Å². The minimum atomic E-state index is -4.48. The maximum Gasteiger partial charge on any atom is 0.243 e. The van der Waals surface area contributed by atoms with Crippen LogP contribution in [0.5, 0.6) is 0 Å². The standard InChI is InChI=1S/C10H12F3NO4S/c1-10(16,5-15)4-14-19(17,18)7-3-2-6(11)8(12)9(7)13/h2-3,14-16H,4-5H2,1H3. The molecule has 0 fully saturated rings. The molecular formula is C10H12F3NO4S. The lowest BCUT2D eigenvalue weighted by molar-refractivity contribution is 0.00680. The summed E-state index contributed by atoms with van der Waals surface area (Å²) in [6.45, 7) is -0.225. The van der Waals surface area contributed by atoms with Crippen LogP contribution in [0.1, 0.15) is 6.92 Å².